The Morgan fingerprint density at radius 1 is 1.47 bits per heavy atom. The number of aromatic nitrogens is 1. The van der Waals surface area contributed by atoms with Gasteiger partial charge in [0.1, 0.15) is 5.82 Å². The van der Waals surface area contributed by atoms with Crippen molar-refractivity contribution < 1.29 is 4.79 Å². The van der Waals surface area contributed by atoms with Crippen molar-refractivity contribution in [2.75, 3.05) is 23.4 Å². The minimum Gasteiger partial charge on any atom is -0.370 e. The lowest BCUT2D eigenvalue weighted by atomic mass is 10.1. The molecule has 2 N–H and O–H groups in total. The molecule has 1 aromatic rings. The topological polar surface area (TPSA) is 54.0 Å². The summed E-state index contributed by atoms with van der Waals surface area (Å²) < 4.78 is 0. The van der Waals surface area contributed by atoms with Crippen LogP contribution in [0.4, 0.5) is 5.82 Å². The number of nitrogens with zero attached hydrogens (tertiary/aromatic N) is 1. The highest BCUT2D eigenvalue weighted by atomic mass is 32.2. The minimum atomic E-state index is 0.0174. The maximum absolute atomic E-state index is 12.2. The number of pyridine rings is 1. The van der Waals surface area contributed by atoms with E-state index in [1.54, 1.807) is 0 Å². The van der Waals surface area contributed by atoms with Gasteiger partial charge in [-0.2, -0.15) is 11.8 Å². The molecule has 1 atom stereocenters. The maximum Gasteiger partial charge on any atom is 0.251 e. The number of amides is 1. The summed E-state index contributed by atoms with van der Waals surface area (Å²) in [5.74, 6) is 2.97. The molecule has 2 heterocycles. The van der Waals surface area contributed by atoms with E-state index in [9.17, 15) is 4.79 Å². The second kappa shape index (κ2) is 6.80. The Hall–Kier alpha value is -1.23. The van der Waals surface area contributed by atoms with Crippen molar-refractivity contribution in [2.45, 2.75) is 32.7 Å². The standard InChI is InChI=1S/C14H21N3OS/c1-3-11-7-10(8-13(16-11)15-4-2)14(18)17-12-5-6-19-9-12/h7-8,12H,3-6,9H2,1-2H3,(H,15,16)(H,17,18). The summed E-state index contributed by atoms with van der Waals surface area (Å²) in [6, 6.07) is 4.04. The summed E-state index contributed by atoms with van der Waals surface area (Å²) in [4.78, 5) is 16.7. The molecule has 4 nitrogen and oxygen atoms in total. The van der Waals surface area contributed by atoms with Gasteiger partial charge in [0.2, 0.25) is 0 Å². The number of nitrogens with one attached hydrogen (secondary N) is 2. The van der Waals surface area contributed by atoms with Crippen LogP contribution in [0, 0.1) is 0 Å². The highest BCUT2D eigenvalue weighted by Gasteiger charge is 2.19. The third-order valence-electron chi connectivity index (χ3n) is 3.13. The third-order valence-corrected chi connectivity index (χ3v) is 4.29. The van der Waals surface area contributed by atoms with Gasteiger partial charge >= 0.3 is 0 Å². The number of rotatable bonds is 5. The molecule has 1 aromatic heterocycles. The lowest BCUT2D eigenvalue weighted by Gasteiger charge is -2.13. The van der Waals surface area contributed by atoms with Gasteiger partial charge in [0.05, 0.1) is 0 Å². The summed E-state index contributed by atoms with van der Waals surface area (Å²) in [7, 11) is 0. The molecule has 104 valence electrons. The van der Waals surface area contributed by atoms with E-state index in [0.29, 0.717) is 11.6 Å². The Morgan fingerprint density at radius 3 is 2.95 bits per heavy atom. The molecule has 19 heavy (non-hydrogen) atoms. The molecule has 0 aromatic carbocycles. The fourth-order valence-corrected chi connectivity index (χ4v) is 3.24. The molecule has 0 saturated carbocycles. The molecule has 0 aliphatic carbocycles. The molecule has 5 heteroatoms. The van der Waals surface area contributed by atoms with E-state index in [-0.39, 0.29) is 5.91 Å². The highest BCUT2D eigenvalue weighted by Crippen LogP contribution is 2.18. The van der Waals surface area contributed by atoms with Gasteiger partial charge in [-0.3, -0.25) is 4.79 Å². The van der Waals surface area contributed by atoms with Crippen LogP contribution < -0.4 is 10.6 Å². The second-order valence-electron chi connectivity index (χ2n) is 4.65. The average Bonchev–Trinajstić information content (AvgIpc) is 2.91. The van der Waals surface area contributed by atoms with Crippen molar-refractivity contribution in [1.82, 2.24) is 10.3 Å². The largest absolute Gasteiger partial charge is 0.370 e. The third kappa shape index (κ3) is 3.86. The molecule has 0 bridgehead atoms. The van der Waals surface area contributed by atoms with Gasteiger partial charge in [-0.1, -0.05) is 6.92 Å². The van der Waals surface area contributed by atoms with Gasteiger partial charge in [-0.15, -0.1) is 0 Å². The molecular weight excluding hydrogens is 258 g/mol. The molecular formula is C14H21N3OS. The molecule has 0 radical (unpaired) electrons. The lowest BCUT2D eigenvalue weighted by Crippen LogP contribution is -2.34. The zero-order valence-electron chi connectivity index (χ0n) is 11.5. The lowest BCUT2D eigenvalue weighted by molar-refractivity contribution is 0.0941. The van der Waals surface area contributed by atoms with Crippen molar-refractivity contribution in [1.29, 1.82) is 0 Å². The van der Waals surface area contributed by atoms with Crippen molar-refractivity contribution in [2.24, 2.45) is 0 Å². The Balaban J connectivity index is 2.12. The van der Waals surface area contributed by atoms with Crippen LogP contribution in [-0.2, 0) is 6.42 Å². The van der Waals surface area contributed by atoms with E-state index >= 15 is 0 Å². The molecule has 1 unspecified atom stereocenters. The van der Waals surface area contributed by atoms with Crippen molar-refractivity contribution in [3.63, 3.8) is 0 Å². The Bertz CT molecular complexity index is 444. The molecule has 0 spiro atoms. The first kappa shape index (κ1) is 14.2. The summed E-state index contributed by atoms with van der Waals surface area (Å²) in [6.07, 6.45) is 1.90. The van der Waals surface area contributed by atoms with E-state index in [4.69, 9.17) is 0 Å². The van der Waals surface area contributed by atoms with E-state index < -0.39 is 0 Å². The Kier molecular flexibility index (Phi) is 5.07. The van der Waals surface area contributed by atoms with Crippen molar-refractivity contribution in [3.05, 3.63) is 23.4 Å². The smallest absolute Gasteiger partial charge is 0.251 e. The van der Waals surface area contributed by atoms with Crippen LogP contribution in [-0.4, -0.2) is 35.0 Å². The number of carbonyl (C=O) groups is 1. The maximum atomic E-state index is 12.2. The minimum absolute atomic E-state index is 0.0174. The van der Waals surface area contributed by atoms with E-state index in [0.717, 1.165) is 42.4 Å². The number of hydrogen-bond donors (Lipinski definition) is 2. The second-order valence-corrected chi connectivity index (χ2v) is 5.80. The normalized spacial score (nSPS) is 18.3. The molecule has 1 aliphatic heterocycles. The first-order valence-corrected chi connectivity index (χ1v) is 8.01. The van der Waals surface area contributed by atoms with Crippen LogP contribution in [0.2, 0.25) is 0 Å². The van der Waals surface area contributed by atoms with Gasteiger partial charge < -0.3 is 10.6 Å². The number of carbonyl (C=O) groups excluding carboxylic acids is 1. The van der Waals surface area contributed by atoms with Crippen LogP contribution in [0.3, 0.4) is 0 Å². The van der Waals surface area contributed by atoms with Crippen LogP contribution >= 0.6 is 11.8 Å². The molecule has 1 aliphatic rings. The predicted octanol–water partition coefficient (Wildman–Crippen LogP) is 2.31. The van der Waals surface area contributed by atoms with Crippen LogP contribution in [0.25, 0.3) is 0 Å². The first-order valence-electron chi connectivity index (χ1n) is 6.86. The van der Waals surface area contributed by atoms with Gasteiger partial charge in [0, 0.05) is 29.6 Å². The Morgan fingerprint density at radius 2 is 2.32 bits per heavy atom. The Labute approximate surface area is 118 Å². The van der Waals surface area contributed by atoms with Gasteiger partial charge in [0.15, 0.2) is 0 Å². The SMILES string of the molecule is CCNc1cc(C(=O)NC2CCSC2)cc(CC)n1. The number of thioether (sulfide) groups is 1. The van der Waals surface area contributed by atoms with Gasteiger partial charge in [-0.25, -0.2) is 4.98 Å². The average molecular weight is 279 g/mol. The van der Waals surface area contributed by atoms with Crippen LogP contribution in [0.15, 0.2) is 12.1 Å². The van der Waals surface area contributed by atoms with E-state index in [1.165, 1.54) is 0 Å². The van der Waals surface area contributed by atoms with E-state index in [2.05, 4.69) is 15.6 Å². The summed E-state index contributed by atoms with van der Waals surface area (Å²) >= 11 is 1.90. The predicted molar refractivity (Wildman–Crippen MR) is 81.0 cm³/mol. The highest BCUT2D eigenvalue weighted by molar-refractivity contribution is 7.99. The van der Waals surface area contributed by atoms with E-state index in [1.807, 2.05) is 37.7 Å². The van der Waals surface area contributed by atoms with Gasteiger partial charge in [0.25, 0.3) is 5.91 Å². The molecule has 1 fully saturated rings. The first-order chi connectivity index (χ1) is 9.22. The quantitative estimate of drug-likeness (QED) is 0.868. The molecule has 2 rings (SSSR count). The number of hydrogen-bond acceptors (Lipinski definition) is 4. The van der Waals surface area contributed by atoms with Crippen LogP contribution in [0.5, 0.6) is 0 Å². The zero-order chi connectivity index (χ0) is 13.7. The summed E-state index contributed by atoms with van der Waals surface area (Å²) in [6.45, 7) is 4.88. The zero-order valence-corrected chi connectivity index (χ0v) is 12.3. The summed E-state index contributed by atoms with van der Waals surface area (Å²) in [5.41, 5.74) is 1.66. The molecule has 1 saturated heterocycles. The molecule has 1 amide bonds. The fraction of sp³-hybridized carbons (Fsp3) is 0.571. The summed E-state index contributed by atoms with van der Waals surface area (Å²) in [5, 5.41) is 6.28. The van der Waals surface area contributed by atoms with Gasteiger partial charge in [-0.05, 0) is 37.7 Å². The fourth-order valence-electron chi connectivity index (χ4n) is 2.09. The van der Waals surface area contributed by atoms with Crippen molar-refractivity contribution in [3.8, 4) is 0 Å². The monoisotopic (exact) mass is 279 g/mol. The number of anilines is 1. The number of aryl methyl sites for hydroxylation is 1. The van der Waals surface area contributed by atoms with Crippen LogP contribution in [0.1, 0.15) is 36.3 Å². The van der Waals surface area contributed by atoms with Crippen molar-refractivity contribution >= 4 is 23.5 Å².